The third-order valence-electron chi connectivity index (χ3n) is 3.82. The maximum Gasteiger partial charge on any atom is 0.310 e. The van der Waals surface area contributed by atoms with Crippen LogP contribution in [0, 0.1) is 6.92 Å². The summed E-state index contributed by atoms with van der Waals surface area (Å²) in [6.45, 7) is 4.39. The van der Waals surface area contributed by atoms with Crippen LogP contribution in [0.15, 0.2) is 53.5 Å². The van der Waals surface area contributed by atoms with Crippen molar-refractivity contribution in [2.75, 3.05) is 6.61 Å². The van der Waals surface area contributed by atoms with Crippen molar-refractivity contribution in [1.82, 2.24) is 9.38 Å². The van der Waals surface area contributed by atoms with Crippen LogP contribution in [0.1, 0.15) is 23.7 Å². The molecule has 6 heteroatoms. The second kappa shape index (κ2) is 7.82. The van der Waals surface area contributed by atoms with Crippen molar-refractivity contribution >= 4 is 11.6 Å². The molecule has 0 spiro atoms. The summed E-state index contributed by atoms with van der Waals surface area (Å²) in [7, 11) is 0. The highest BCUT2D eigenvalue weighted by Crippen LogP contribution is 2.13. The Bertz CT molecular complexity index is 977. The van der Waals surface area contributed by atoms with Crippen LogP contribution in [0.4, 0.5) is 0 Å². The van der Waals surface area contributed by atoms with E-state index in [1.54, 1.807) is 12.3 Å². The average molecular weight is 352 g/mol. The maximum atomic E-state index is 12.1. The molecule has 0 aliphatic heterocycles. The molecule has 0 fully saturated rings. The van der Waals surface area contributed by atoms with Gasteiger partial charge >= 0.3 is 5.97 Å². The number of carbonyl (C=O) groups excluding carboxylic acids is 1. The van der Waals surface area contributed by atoms with Gasteiger partial charge < -0.3 is 9.47 Å². The van der Waals surface area contributed by atoms with E-state index in [4.69, 9.17) is 9.47 Å². The van der Waals surface area contributed by atoms with E-state index in [1.807, 2.05) is 44.2 Å². The molecular weight excluding hydrogens is 332 g/mol. The Balaban J connectivity index is 1.63. The number of hydrogen-bond donors (Lipinski definition) is 0. The summed E-state index contributed by atoms with van der Waals surface area (Å²) in [5, 5.41) is 0. The summed E-state index contributed by atoms with van der Waals surface area (Å²) in [5.41, 5.74) is 2.56. The molecule has 26 heavy (non-hydrogen) atoms. The normalized spacial score (nSPS) is 10.7. The number of benzene rings is 1. The van der Waals surface area contributed by atoms with Crippen molar-refractivity contribution < 1.29 is 14.3 Å². The smallest absolute Gasteiger partial charge is 0.310 e. The van der Waals surface area contributed by atoms with Gasteiger partial charge in [0.15, 0.2) is 0 Å². The summed E-state index contributed by atoms with van der Waals surface area (Å²) in [6.07, 6.45) is 1.88. The molecule has 0 bridgehead atoms. The number of carbonyl (C=O) groups is 1. The monoisotopic (exact) mass is 352 g/mol. The number of ether oxygens (including phenoxy) is 2. The molecule has 0 N–H and O–H groups in total. The molecule has 134 valence electrons. The van der Waals surface area contributed by atoms with Crippen LogP contribution in [-0.2, 0) is 22.6 Å². The predicted octanol–water partition coefficient (Wildman–Crippen LogP) is 2.69. The van der Waals surface area contributed by atoms with E-state index in [-0.39, 0.29) is 24.6 Å². The lowest BCUT2D eigenvalue weighted by Crippen LogP contribution is -2.17. The molecular formula is C20H20N2O4. The van der Waals surface area contributed by atoms with Gasteiger partial charge in [0.05, 0.1) is 18.7 Å². The van der Waals surface area contributed by atoms with Crippen LogP contribution in [0.5, 0.6) is 5.75 Å². The quantitative estimate of drug-likeness (QED) is 0.638. The molecule has 0 unspecified atom stereocenters. The Kier molecular flexibility index (Phi) is 5.31. The van der Waals surface area contributed by atoms with Gasteiger partial charge in [-0.05, 0) is 43.2 Å². The van der Waals surface area contributed by atoms with Gasteiger partial charge in [0, 0.05) is 12.3 Å². The molecule has 0 atom stereocenters. The number of fused-ring (bicyclic) bond motifs is 1. The average Bonchev–Trinajstić information content (AvgIpc) is 2.62. The van der Waals surface area contributed by atoms with Gasteiger partial charge in [-0.2, -0.15) is 0 Å². The summed E-state index contributed by atoms with van der Waals surface area (Å²) in [5.74, 6) is 0.390. The van der Waals surface area contributed by atoms with Gasteiger partial charge in [-0.15, -0.1) is 0 Å². The van der Waals surface area contributed by atoms with Crippen molar-refractivity contribution in [1.29, 1.82) is 0 Å². The van der Waals surface area contributed by atoms with Gasteiger partial charge in [-0.1, -0.05) is 18.2 Å². The largest absolute Gasteiger partial charge is 0.494 e. The van der Waals surface area contributed by atoms with Gasteiger partial charge in [-0.3, -0.25) is 14.0 Å². The number of hydrogen-bond acceptors (Lipinski definition) is 5. The minimum absolute atomic E-state index is 0.0323. The Hall–Kier alpha value is -3.15. The van der Waals surface area contributed by atoms with Gasteiger partial charge in [0.1, 0.15) is 18.0 Å². The fraction of sp³-hybridized carbons (Fsp3) is 0.250. The summed E-state index contributed by atoms with van der Waals surface area (Å²) >= 11 is 0. The third-order valence-corrected chi connectivity index (χ3v) is 3.82. The Morgan fingerprint density at radius 3 is 2.65 bits per heavy atom. The molecule has 0 amide bonds. The van der Waals surface area contributed by atoms with Crippen LogP contribution < -0.4 is 10.3 Å². The summed E-state index contributed by atoms with van der Waals surface area (Å²) < 4.78 is 12.1. The zero-order chi connectivity index (χ0) is 18.5. The second-order valence-corrected chi connectivity index (χ2v) is 5.93. The van der Waals surface area contributed by atoms with Crippen molar-refractivity contribution in [3.63, 3.8) is 0 Å². The Labute approximate surface area is 151 Å². The highest BCUT2D eigenvalue weighted by Gasteiger charge is 2.08. The minimum atomic E-state index is -0.375. The first-order chi connectivity index (χ1) is 12.5. The van der Waals surface area contributed by atoms with Crippen LogP contribution >= 0.6 is 0 Å². The minimum Gasteiger partial charge on any atom is -0.494 e. The topological polar surface area (TPSA) is 69.9 Å². The van der Waals surface area contributed by atoms with Gasteiger partial charge in [0.25, 0.3) is 5.56 Å². The Morgan fingerprint density at radius 1 is 1.15 bits per heavy atom. The molecule has 2 aromatic heterocycles. The van der Waals surface area contributed by atoms with Crippen LogP contribution in [0.3, 0.4) is 0 Å². The van der Waals surface area contributed by atoms with Crippen molar-refractivity contribution in [3.05, 3.63) is 75.8 Å². The van der Waals surface area contributed by atoms with Crippen LogP contribution in [0.2, 0.25) is 0 Å². The lowest BCUT2D eigenvalue weighted by atomic mass is 10.1. The number of rotatable bonds is 6. The SMILES string of the molecule is CCOc1ccc(CC(=O)OCc2cc(=O)n3cc(C)ccc3n2)cc1. The number of nitrogens with zero attached hydrogens (tertiary/aromatic N) is 2. The zero-order valence-corrected chi connectivity index (χ0v) is 14.8. The van der Waals surface area contributed by atoms with E-state index in [2.05, 4.69) is 4.98 Å². The molecule has 0 aliphatic carbocycles. The number of esters is 1. The van der Waals surface area contributed by atoms with E-state index < -0.39 is 0 Å². The van der Waals surface area contributed by atoms with E-state index in [0.717, 1.165) is 16.9 Å². The second-order valence-electron chi connectivity index (χ2n) is 5.93. The van der Waals surface area contributed by atoms with Crippen molar-refractivity contribution in [3.8, 4) is 5.75 Å². The van der Waals surface area contributed by atoms with Crippen LogP contribution in [0.25, 0.3) is 5.65 Å². The molecule has 3 aromatic rings. The lowest BCUT2D eigenvalue weighted by molar-refractivity contribution is -0.144. The highest BCUT2D eigenvalue weighted by molar-refractivity contribution is 5.72. The fourth-order valence-electron chi connectivity index (χ4n) is 2.57. The molecule has 1 aromatic carbocycles. The number of pyridine rings is 1. The van der Waals surface area contributed by atoms with E-state index >= 15 is 0 Å². The van der Waals surface area contributed by atoms with E-state index in [9.17, 15) is 9.59 Å². The molecule has 0 saturated heterocycles. The van der Waals surface area contributed by atoms with E-state index in [1.165, 1.54) is 10.5 Å². The van der Waals surface area contributed by atoms with Gasteiger partial charge in [-0.25, -0.2) is 4.98 Å². The fourth-order valence-corrected chi connectivity index (χ4v) is 2.57. The molecule has 0 saturated carbocycles. The molecule has 3 rings (SSSR count). The summed E-state index contributed by atoms with van der Waals surface area (Å²) in [6, 6.07) is 12.3. The van der Waals surface area contributed by atoms with Crippen LogP contribution in [-0.4, -0.2) is 22.0 Å². The zero-order valence-electron chi connectivity index (χ0n) is 14.8. The third kappa shape index (κ3) is 4.27. The number of aryl methyl sites for hydroxylation is 1. The van der Waals surface area contributed by atoms with Gasteiger partial charge in [0.2, 0.25) is 0 Å². The lowest BCUT2D eigenvalue weighted by Gasteiger charge is -2.07. The molecule has 0 aliphatic rings. The maximum absolute atomic E-state index is 12.1. The highest BCUT2D eigenvalue weighted by atomic mass is 16.5. The molecule has 0 radical (unpaired) electrons. The summed E-state index contributed by atoms with van der Waals surface area (Å²) in [4.78, 5) is 28.5. The standard InChI is InChI=1S/C20H20N2O4/c1-3-25-17-7-5-15(6-8-17)10-20(24)26-13-16-11-19(23)22-12-14(2)4-9-18(22)21-16/h4-9,11-12H,3,10,13H2,1-2H3. The Morgan fingerprint density at radius 2 is 1.92 bits per heavy atom. The van der Waals surface area contributed by atoms with E-state index in [0.29, 0.717) is 17.9 Å². The first-order valence-corrected chi connectivity index (χ1v) is 8.41. The molecule has 2 heterocycles. The number of aromatic nitrogens is 2. The first-order valence-electron chi connectivity index (χ1n) is 8.41. The molecule has 6 nitrogen and oxygen atoms in total. The van der Waals surface area contributed by atoms with Crippen molar-refractivity contribution in [2.24, 2.45) is 0 Å². The predicted molar refractivity (Wildman–Crippen MR) is 97.3 cm³/mol. The first kappa shape index (κ1) is 17.7. The van der Waals surface area contributed by atoms with Crippen molar-refractivity contribution in [2.45, 2.75) is 26.9 Å².